The monoisotopic (exact) mass is 389 g/mol. The Morgan fingerprint density at radius 2 is 1.96 bits per heavy atom. The Balaban J connectivity index is 1.64. The van der Waals surface area contributed by atoms with Crippen molar-refractivity contribution in [3.8, 4) is 10.6 Å². The van der Waals surface area contributed by atoms with Crippen molar-refractivity contribution in [2.24, 2.45) is 11.8 Å². The highest BCUT2D eigenvalue weighted by Gasteiger charge is 2.36. The number of aromatic nitrogens is 1. The number of rotatable bonds is 5. The van der Waals surface area contributed by atoms with Crippen molar-refractivity contribution < 1.29 is 14.7 Å². The first-order valence-electron chi connectivity index (χ1n) is 9.36. The zero-order chi connectivity index (χ0) is 18.3. The number of hydrogen-bond acceptors (Lipinski definition) is 5. The number of carboxylic acids is 1. The van der Waals surface area contributed by atoms with Crippen LogP contribution in [0.3, 0.4) is 0 Å². The molecular weight excluding hydrogens is 366 g/mol. The van der Waals surface area contributed by atoms with Crippen molar-refractivity contribution >= 4 is 34.4 Å². The summed E-state index contributed by atoms with van der Waals surface area (Å²) in [6.07, 6.45) is 6.91. The molecule has 4 nitrogen and oxygen atoms in total. The predicted octanol–water partition coefficient (Wildman–Crippen LogP) is 4.67. The summed E-state index contributed by atoms with van der Waals surface area (Å²) in [5.74, 6) is -1.54. The van der Waals surface area contributed by atoms with E-state index in [2.05, 4.69) is 10.4 Å². The summed E-state index contributed by atoms with van der Waals surface area (Å²) in [5, 5.41) is 12.6. The Labute approximate surface area is 161 Å². The number of fused-ring (bicyclic) bond motifs is 1. The number of aryl methyl sites for hydroxylation is 2. The van der Waals surface area contributed by atoms with E-state index in [4.69, 9.17) is 0 Å². The molecule has 6 heteroatoms. The highest BCUT2D eigenvalue weighted by Crippen LogP contribution is 2.43. The van der Waals surface area contributed by atoms with Crippen LogP contribution in [0.2, 0.25) is 0 Å². The summed E-state index contributed by atoms with van der Waals surface area (Å²) < 4.78 is 0. The number of thiazole rings is 1. The van der Waals surface area contributed by atoms with E-state index in [1.54, 1.807) is 22.7 Å². The highest BCUT2D eigenvalue weighted by atomic mass is 32.1. The molecule has 2 heterocycles. The molecule has 0 bridgehead atoms. The number of hydrogen-bond donors (Lipinski definition) is 1. The Morgan fingerprint density at radius 3 is 2.65 bits per heavy atom. The fraction of sp³-hybridized carbons (Fsp3) is 0.550. The zero-order valence-corrected chi connectivity index (χ0v) is 16.5. The lowest BCUT2D eigenvalue weighted by Crippen LogP contribution is -2.33. The molecule has 26 heavy (non-hydrogen) atoms. The normalized spacial score (nSPS) is 22.3. The second kappa shape index (κ2) is 7.24. The molecule has 1 fully saturated rings. The van der Waals surface area contributed by atoms with Crippen molar-refractivity contribution in [3.63, 3.8) is 0 Å². The largest absolute Gasteiger partial charge is 0.481 e. The number of aliphatic carboxylic acids is 1. The molecule has 138 valence electrons. The molecular formula is C20H23NO3S2. The average molecular weight is 390 g/mol. The van der Waals surface area contributed by atoms with E-state index in [9.17, 15) is 14.7 Å². The molecule has 2 aliphatic carbocycles. The van der Waals surface area contributed by atoms with Gasteiger partial charge in [0.2, 0.25) is 0 Å². The third-order valence-corrected chi connectivity index (χ3v) is 7.93. The lowest BCUT2D eigenvalue weighted by Gasteiger charge is -2.27. The van der Waals surface area contributed by atoms with Gasteiger partial charge in [-0.2, -0.15) is 0 Å². The van der Waals surface area contributed by atoms with Gasteiger partial charge in [-0.25, -0.2) is 4.98 Å². The van der Waals surface area contributed by atoms with Gasteiger partial charge in [-0.3, -0.25) is 9.59 Å². The van der Waals surface area contributed by atoms with Gasteiger partial charge in [0.1, 0.15) is 10.8 Å². The van der Waals surface area contributed by atoms with Gasteiger partial charge in [0.15, 0.2) is 0 Å². The second-order valence-electron chi connectivity index (χ2n) is 7.43. The van der Waals surface area contributed by atoms with E-state index in [0.717, 1.165) is 41.3 Å². The standard InChI is InChI=1S/C20H23NO3S2/c1-11-10-25-19(21-11)18-14-7-4-8-16(14)26-17(18)9-15(22)12-5-2-3-6-13(12)20(23)24/h10,12-13H,2-9H2,1H3,(H,23,24)/t12-,13+/m0/s1. The lowest BCUT2D eigenvalue weighted by molar-refractivity contribution is -0.148. The summed E-state index contributed by atoms with van der Waals surface area (Å²) in [6.45, 7) is 2.00. The predicted molar refractivity (Wildman–Crippen MR) is 104 cm³/mol. The van der Waals surface area contributed by atoms with Gasteiger partial charge in [0, 0.05) is 38.7 Å². The number of nitrogens with zero attached hydrogens (tertiary/aromatic N) is 1. The number of carbonyl (C=O) groups excluding carboxylic acids is 1. The summed E-state index contributed by atoms with van der Waals surface area (Å²) in [7, 11) is 0. The lowest BCUT2D eigenvalue weighted by atomic mass is 9.76. The quantitative estimate of drug-likeness (QED) is 0.807. The Bertz CT molecular complexity index is 851. The van der Waals surface area contributed by atoms with Gasteiger partial charge in [-0.15, -0.1) is 22.7 Å². The number of thiophene rings is 1. The summed E-state index contributed by atoms with van der Waals surface area (Å²) in [6, 6.07) is 0. The van der Waals surface area contributed by atoms with Crippen molar-refractivity contribution in [3.05, 3.63) is 26.4 Å². The first-order valence-corrected chi connectivity index (χ1v) is 11.1. The van der Waals surface area contributed by atoms with Crippen LogP contribution in [0, 0.1) is 18.8 Å². The summed E-state index contributed by atoms with van der Waals surface area (Å²) in [4.78, 5) is 31.8. The van der Waals surface area contributed by atoms with Crippen molar-refractivity contribution in [1.29, 1.82) is 0 Å². The van der Waals surface area contributed by atoms with E-state index >= 15 is 0 Å². The molecule has 0 saturated heterocycles. The second-order valence-corrected chi connectivity index (χ2v) is 9.48. The van der Waals surface area contributed by atoms with Crippen LogP contribution in [0.25, 0.3) is 10.6 Å². The minimum absolute atomic E-state index is 0.103. The number of ketones is 1. The highest BCUT2D eigenvalue weighted by molar-refractivity contribution is 7.15. The van der Waals surface area contributed by atoms with Crippen molar-refractivity contribution in [2.45, 2.75) is 58.3 Å². The molecule has 0 radical (unpaired) electrons. The third kappa shape index (κ3) is 3.25. The third-order valence-electron chi connectivity index (χ3n) is 5.66. The van der Waals surface area contributed by atoms with E-state index in [0.29, 0.717) is 19.3 Å². The first kappa shape index (κ1) is 17.9. The molecule has 0 spiro atoms. The Morgan fingerprint density at radius 1 is 1.19 bits per heavy atom. The molecule has 2 aromatic rings. The number of carbonyl (C=O) groups is 2. The van der Waals surface area contributed by atoms with Crippen LogP contribution in [-0.4, -0.2) is 21.8 Å². The fourth-order valence-corrected chi connectivity index (χ4v) is 6.77. The molecule has 0 aliphatic heterocycles. The average Bonchev–Trinajstić information content (AvgIpc) is 3.30. The van der Waals surface area contributed by atoms with Crippen LogP contribution in [0.4, 0.5) is 0 Å². The van der Waals surface area contributed by atoms with Crippen molar-refractivity contribution in [1.82, 2.24) is 4.98 Å². The van der Waals surface area contributed by atoms with Crippen molar-refractivity contribution in [2.75, 3.05) is 0 Å². The fourth-order valence-electron chi connectivity index (χ4n) is 4.40. The molecule has 2 aliphatic rings. The van der Waals surface area contributed by atoms with Crippen LogP contribution >= 0.6 is 22.7 Å². The summed E-state index contributed by atoms with van der Waals surface area (Å²) in [5.41, 5.74) is 3.57. The molecule has 2 atom stereocenters. The minimum Gasteiger partial charge on any atom is -0.481 e. The molecule has 0 aromatic carbocycles. The van der Waals surface area contributed by atoms with Gasteiger partial charge >= 0.3 is 5.97 Å². The maximum Gasteiger partial charge on any atom is 0.307 e. The smallest absolute Gasteiger partial charge is 0.307 e. The number of carboxylic acid groups (broad SMARTS) is 1. The topological polar surface area (TPSA) is 67.3 Å². The van der Waals surface area contributed by atoms with Crippen LogP contribution in [0.5, 0.6) is 0 Å². The molecule has 1 saturated carbocycles. The van der Waals surface area contributed by atoms with Gasteiger partial charge in [0.05, 0.1) is 5.92 Å². The maximum absolute atomic E-state index is 13.0. The molecule has 1 N–H and O–H groups in total. The first-order chi connectivity index (χ1) is 12.5. The van der Waals surface area contributed by atoms with E-state index in [1.165, 1.54) is 22.4 Å². The zero-order valence-electron chi connectivity index (χ0n) is 14.9. The van der Waals surface area contributed by atoms with E-state index in [-0.39, 0.29) is 11.7 Å². The van der Waals surface area contributed by atoms with Gasteiger partial charge in [-0.05, 0) is 44.6 Å². The van der Waals surface area contributed by atoms with Crippen LogP contribution in [-0.2, 0) is 28.9 Å². The van der Waals surface area contributed by atoms with Crippen LogP contribution in [0.1, 0.15) is 53.1 Å². The molecule has 0 amide bonds. The molecule has 4 rings (SSSR count). The SMILES string of the molecule is Cc1csc(-c2c(CC(=O)[C@H]3CCCC[C@H]3C(=O)O)sc3c2CCC3)n1. The van der Waals surface area contributed by atoms with Gasteiger partial charge in [0.25, 0.3) is 0 Å². The van der Waals surface area contributed by atoms with Crippen LogP contribution in [0.15, 0.2) is 5.38 Å². The molecule has 0 unspecified atom stereocenters. The Hall–Kier alpha value is -1.53. The minimum atomic E-state index is -0.813. The van der Waals surface area contributed by atoms with Gasteiger partial charge < -0.3 is 5.11 Å². The maximum atomic E-state index is 13.0. The Kier molecular flexibility index (Phi) is 4.97. The summed E-state index contributed by atoms with van der Waals surface area (Å²) >= 11 is 3.40. The van der Waals surface area contributed by atoms with E-state index < -0.39 is 11.9 Å². The molecule has 2 aromatic heterocycles. The van der Waals surface area contributed by atoms with Crippen LogP contribution < -0.4 is 0 Å². The van der Waals surface area contributed by atoms with E-state index in [1.807, 2.05) is 6.92 Å². The van der Waals surface area contributed by atoms with Gasteiger partial charge in [-0.1, -0.05) is 12.8 Å². The number of Topliss-reactive ketones (excluding diaryl/α,β-unsaturated/α-hetero) is 1.